The van der Waals surface area contributed by atoms with E-state index in [1.165, 1.54) is 43.5 Å². The van der Waals surface area contributed by atoms with Crippen molar-refractivity contribution in [3.63, 3.8) is 0 Å². The summed E-state index contributed by atoms with van der Waals surface area (Å²) < 4.78 is 47.1. The van der Waals surface area contributed by atoms with Gasteiger partial charge in [-0.05, 0) is 60.5 Å². The normalized spacial score (nSPS) is 12.3. The largest absolute Gasteiger partial charge is 0.496 e. The fraction of sp³-hybridized carbons (Fsp3) is 0.136. The van der Waals surface area contributed by atoms with Gasteiger partial charge in [0, 0.05) is 16.6 Å². The molecule has 0 saturated carbocycles. The van der Waals surface area contributed by atoms with E-state index in [0.717, 1.165) is 0 Å². The van der Waals surface area contributed by atoms with Gasteiger partial charge in [0.05, 0.1) is 23.8 Å². The van der Waals surface area contributed by atoms with Gasteiger partial charge in [-0.15, -0.1) is 0 Å². The summed E-state index contributed by atoms with van der Waals surface area (Å²) in [7, 11) is -2.49. The van der Waals surface area contributed by atoms with Gasteiger partial charge in [-0.3, -0.25) is 0 Å². The topological polar surface area (TPSA) is 79.2 Å². The third kappa shape index (κ3) is 5.00. The third-order valence-corrected chi connectivity index (χ3v) is 6.97. The van der Waals surface area contributed by atoms with Crippen LogP contribution in [-0.2, 0) is 10.0 Å². The Morgan fingerprint density at radius 1 is 1.06 bits per heavy atom. The highest BCUT2D eigenvalue weighted by Crippen LogP contribution is 2.35. The van der Waals surface area contributed by atoms with Crippen LogP contribution in [0.5, 0.6) is 5.75 Å². The maximum absolute atomic E-state index is 13.7. The zero-order valence-electron chi connectivity index (χ0n) is 16.5. The van der Waals surface area contributed by atoms with Crippen molar-refractivity contribution < 1.29 is 17.5 Å². The molecule has 0 fully saturated rings. The lowest BCUT2D eigenvalue weighted by molar-refractivity contribution is 0.415. The van der Waals surface area contributed by atoms with Crippen molar-refractivity contribution in [2.45, 2.75) is 17.9 Å². The molecule has 3 aromatic carbocycles. The number of hydrogen-bond donors (Lipinski definition) is 1. The Morgan fingerprint density at radius 2 is 1.81 bits per heavy atom. The van der Waals surface area contributed by atoms with E-state index in [-0.39, 0.29) is 15.5 Å². The molecule has 1 N–H and O–H groups in total. The van der Waals surface area contributed by atoms with Gasteiger partial charge in [0.2, 0.25) is 10.0 Å². The first-order valence-electron chi connectivity index (χ1n) is 9.01. The van der Waals surface area contributed by atoms with Crippen molar-refractivity contribution in [3.8, 4) is 22.9 Å². The SMILES string of the molecule is COc1ccc(F)cc1-c1ccc(C(C)NS(=O)(=O)c2ccc(C#N)cc2Cl)c(Cl)c1. The van der Waals surface area contributed by atoms with Crippen molar-refractivity contribution >= 4 is 33.2 Å². The van der Waals surface area contributed by atoms with Crippen molar-refractivity contribution in [1.82, 2.24) is 4.72 Å². The molecule has 0 spiro atoms. The molecule has 31 heavy (non-hydrogen) atoms. The van der Waals surface area contributed by atoms with Crippen LogP contribution >= 0.6 is 23.2 Å². The van der Waals surface area contributed by atoms with E-state index in [4.69, 9.17) is 33.2 Å². The first-order chi connectivity index (χ1) is 14.7. The van der Waals surface area contributed by atoms with Crippen LogP contribution in [0.15, 0.2) is 59.5 Å². The van der Waals surface area contributed by atoms with Gasteiger partial charge >= 0.3 is 0 Å². The molecule has 3 aromatic rings. The molecule has 0 aliphatic heterocycles. The number of nitrogens with zero attached hydrogens (tertiary/aromatic N) is 1. The number of benzene rings is 3. The third-order valence-electron chi connectivity index (χ3n) is 4.62. The molecule has 9 heteroatoms. The molecule has 3 rings (SSSR count). The Balaban J connectivity index is 1.90. The molecule has 160 valence electrons. The Kier molecular flexibility index (Phi) is 6.87. The molecule has 0 amide bonds. The molecular weight excluding hydrogens is 462 g/mol. The molecule has 0 aliphatic rings. The second kappa shape index (κ2) is 9.25. The van der Waals surface area contributed by atoms with Gasteiger partial charge in [-0.1, -0.05) is 35.3 Å². The fourth-order valence-electron chi connectivity index (χ4n) is 3.10. The van der Waals surface area contributed by atoms with Crippen molar-refractivity contribution in [1.29, 1.82) is 5.26 Å². The predicted octanol–water partition coefficient (Wildman–Crippen LogP) is 5.72. The number of hydrogen-bond acceptors (Lipinski definition) is 4. The zero-order chi connectivity index (χ0) is 22.8. The lowest BCUT2D eigenvalue weighted by Gasteiger charge is -2.18. The summed E-state index contributed by atoms with van der Waals surface area (Å²) in [6.07, 6.45) is 0. The number of nitriles is 1. The lowest BCUT2D eigenvalue weighted by atomic mass is 10.0. The molecular formula is C22H17Cl2FN2O3S. The number of halogens is 3. The number of rotatable bonds is 6. The Hall–Kier alpha value is -2.63. The van der Waals surface area contributed by atoms with Gasteiger partial charge < -0.3 is 4.74 Å². The molecule has 5 nitrogen and oxygen atoms in total. The van der Waals surface area contributed by atoms with Crippen LogP contribution in [-0.4, -0.2) is 15.5 Å². The van der Waals surface area contributed by atoms with Crippen LogP contribution in [0.1, 0.15) is 24.1 Å². The fourth-order valence-corrected chi connectivity index (χ4v) is 5.21. The molecule has 0 heterocycles. The summed E-state index contributed by atoms with van der Waals surface area (Å²) in [6.45, 7) is 1.64. The van der Waals surface area contributed by atoms with Crippen molar-refractivity contribution in [3.05, 3.63) is 81.6 Å². The van der Waals surface area contributed by atoms with Crippen LogP contribution in [0.25, 0.3) is 11.1 Å². The summed E-state index contributed by atoms with van der Waals surface area (Å²) >= 11 is 12.5. The number of nitrogens with one attached hydrogen (secondary N) is 1. The highest BCUT2D eigenvalue weighted by atomic mass is 35.5. The van der Waals surface area contributed by atoms with Crippen LogP contribution in [0, 0.1) is 17.1 Å². The first-order valence-corrected chi connectivity index (χ1v) is 11.3. The van der Waals surface area contributed by atoms with E-state index in [1.54, 1.807) is 25.1 Å². The van der Waals surface area contributed by atoms with Crippen LogP contribution < -0.4 is 9.46 Å². The minimum absolute atomic E-state index is 0.0570. The van der Waals surface area contributed by atoms with Gasteiger partial charge in [0.25, 0.3) is 0 Å². The molecule has 1 unspecified atom stereocenters. The minimum Gasteiger partial charge on any atom is -0.496 e. The van der Waals surface area contributed by atoms with Gasteiger partial charge in [-0.2, -0.15) is 5.26 Å². The van der Waals surface area contributed by atoms with Crippen LogP contribution in [0.2, 0.25) is 10.0 Å². The average Bonchev–Trinajstić information content (AvgIpc) is 2.72. The summed E-state index contributed by atoms with van der Waals surface area (Å²) in [6, 6.07) is 14.3. The maximum Gasteiger partial charge on any atom is 0.242 e. The van der Waals surface area contributed by atoms with Gasteiger partial charge in [0.1, 0.15) is 16.5 Å². The first kappa shape index (κ1) is 23.0. The van der Waals surface area contributed by atoms with E-state index in [0.29, 0.717) is 27.5 Å². The lowest BCUT2D eigenvalue weighted by Crippen LogP contribution is -2.27. The zero-order valence-corrected chi connectivity index (χ0v) is 18.8. The van der Waals surface area contributed by atoms with Crippen molar-refractivity contribution in [2.24, 2.45) is 0 Å². The number of ether oxygens (including phenoxy) is 1. The average molecular weight is 479 g/mol. The minimum atomic E-state index is -3.98. The van der Waals surface area contributed by atoms with Gasteiger partial charge in [0.15, 0.2) is 0 Å². The Bertz CT molecular complexity index is 1290. The Labute approximate surface area is 190 Å². The second-order valence-corrected chi connectivity index (χ2v) is 9.18. The maximum atomic E-state index is 13.7. The number of sulfonamides is 1. The van der Waals surface area contributed by atoms with E-state index in [9.17, 15) is 12.8 Å². The molecule has 0 bridgehead atoms. The standard InChI is InChI=1S/C22H17Cl2FN2O3S/c1-13(27-31(28,29)22-8-3-14(12-26)9-20(22)24)17-6-4-15(10-19(17)23)18-11-16(25)5-7-21(18)30-2/h3-11,13,27H,1-2H3. The highest BCUT2D eigenvalue weighted by Gasteiger charge is 2.23. The molecule has 0 aliphatic carbocycles. The summed E-state index contributed by atoms with van der Waals surface area (Å²) in [5, 5.41) is 9.16. The van der Waals surface area contributed by atoms with Crippen LogP contribution in [0.3, 0.4) is 0 Å². The van der Waals surface area contributed by atoms with E-state index >= 15 is 0 Å². The predicted molar refractivity (Wildman–Crippen MR) is 118 cm³/mol. The summed E-state index contributed by atoms with van der Waals surface area (Å²) in [5.41, 5.74) is 1.92. The van der Waals surface area contributed by atoms with E-state index in [2.05, 4.69) is 4.72 Å². The smallest absolute Gasteiger partial charge is 0.242 e. The van der Waals surface area contributed by atoms with Crippen molar-refractivity contribution in [2.75, 3.05) is 7.11 Å². The highest BCUT2D eigenvalue weighted by molar-refractivity contribution is 7.89. The second-order valence-electron chi connectivity index (χ2n) is 6.68. The monoisotopic (exact) mass is 478 g/mol. The van der Waals surface area contributed by atoms with E-state index < -0.39 is 21.9 Å². The van der Waals surface area contributed by atoms with Gasteiger partial charge in [-0.25, -0.2) is 17.5 Å². The quantitative estimate of drug-likeness (QED) is 0.491. The molecule has 0 radical (unpaired) electrons. The van der Waals surface area contributed by atoms with Crippen LogP contribution in [0.4, 0.5) is 4.39 Å². The molecule has 1 atom stereocenters. The number of methoxy groups -OCH3 is 1. The molecule has 0 aromatic heterocycles. The Morgan fingerprint density at radius 3 is 2.42 bits per heavy atom. The summed E-state index contributed by atoms with van der Waals surface area (Å²) in [4.78, 5) is -0.141. The molecule has 0 saturated heterocycles. The van der Waals surface area contributed by atoms with E-state index in [1.807, 2.05) is 6.07 Å². The summed E-state index contributed by atoms with van der Waals surface area (Å²) in [5.74, 6) is 0.0610.